The van der Waals surface area contributed by atoms with Crippen molar-refractivity contribution in [2.45, 2.75) is 45.4 Å². The number of halogens is 1. The fourth-order valence-corrected chi connectivity index (χ4v) is 2.86. The molecule has 0 radical (unpaired) electrons. The van der Waals surface area contributed by atoms with Crippen molar-refractivity contribution in [2.24, 2.45) is 0 Å². The standard InChI is InChI=1S/C16H23BrN2O2/c1-11-10-19(15(20)21-16(2,3)4)14(9-18-11)12-6-5-7-13(17)8-12/h5-8,11,14,18H,9-10H2,1-4H3/t11-,14+/m1/s1. The van der Waals surface area contributed by atoms with Gasteiger partial charge >= 0.3 is 6.09 Å². The molecule has 1 aliphatic rings. The minimum Gasteiger partial charge on any atom is -0.444 e. The highest BCUT2D eigenvalue weighted by molar-refractivity contribution is 9.10. The second kappa shape index (κ2) is 6.36. The van der Waals surface area contributed by atoms with E-state index in [0.29, 0.717) is 6.54 Å². The monoisotopic (exact) mass is 354 g/mol. The van der Waals surface area contributed by atoms with Gasteiger partial charge < -0.3 is 10.1 Å². The van der Waals surface area contributed by atoms with Gasteiger partial charge in [-0.15, -0.1) is 0 Å². The Morgan fingerprint density at radius 3 is 2.76 bits per heavy atom. The molecule has 4 nitrogen and oxygen atoms in total. The third-order valence-corrected chi connectivity index (χ3v) is 3.86. The number of piperazine rings is 1. The molecule has 0 unspecified atom stereocenters. The van der Waals surface area contributed by atoms with Gasteiger partial charge in [-0.05, 0) is 45.4 Å². The van der Waals surface area contributed by atoms with Gasteiger partial charge in [0.15, 0.2) is 0 Å². The van der Waals surface area contributed by atoms with E-state index in [-0.39, 0.29) is 18.2 Å². The molecule has 21 heavy (non-hydrogen) atoms. The number of carbonyl (C=O) groups excluding carboxylic acids is 1. The summed E-state index contributed by atoms with van der Waals surface area (Å²) in [7, 11) is 0. The van der Waals surface area contributed by atoms with Crippen LogP contribution >= 0.6 is 15.9 Å². The largest absolute Gasteiger partial charge is 0.444 e. The number of nitrogens with zero attached hydrogens (tertiary/aromatic N) is 1. The lowest BCUT2D eigenvalue weighted by atomic mass is 10.0. The molecular formula is C16H23BrN2O2. The van der Waals surface area contributed by atoms with E-state index in [0.717, 1.165) is 16.6 Å². The van der Waals surface area contributed by atoms with E-state index in [1.165, 1.54) is 0 Å². The second-order valence-corrected chi connectivity index (χ2v) is 7.43. The molecule has 0 aromatic heterocycles. The van der Waals surface area contributed by atoms with Crippen molar-refractivity contribution in [2.75, 3.05) is 13.1 Å². The van der Waals surface area contributed by atoms with Gasteiger partial charge in [0.2, 0.25) is 0 Å². The molecule has 5 heteroatoms. The third-order valence-electron chi connectivity index (χ3n) is 3.37. The Balaban J connectivity index is 2.23. The van der Waals surface area contributed by atoms with Crippen LogP contribution in [-0.2, 0) is 4.74 Å². The zero-order valence-corrected chi connectivity index (χ0v) is 14.6. The number of rotatable bonds is 1. The molecule has 0 saturated carbocycles. The van der Waals surface area contributed by atoms with Crippen LogP contribution in [0.4, 0.5) is 4.79 Å². The van der Waals surface area contributed by atoms with Crippen LogP contribution < -0.4 is 5.32 Å². The summed E-state index contributed by atoms with van der Waals surface area (Å²) in [4.78, 5) is 14.3. The zero-order chi connectivity index (χ0) is 15.6. The first-order valence-electron chi connectivity index (χ1n) is 7.25. The van der Waals surface area contributed by atoms with E-state index in [2.05, 4.69) is 34.2 Å². The van der Waals surface area contributed by atoms with Crippen LogP contribution in [0.3, 0.4) is 0 Å². The summed E-state index contributed by atoms with van der Waals surface area (Å²) in [6, 6.07) is 8.34. The molecule has 0 spiro atoms. The van der Waals surface area contributed by atoms with Gasteiger partial charge in [0.05, 0.1) is 6.04 Å². The summed E-state index contributed by atoms with van der Waals surface area (Å²) in [6.07, 6.45) is -0.249. The summed E-state index contributed by atoms with van der Waals surface area (Å²) >= 11 is 3.49. The molecule has 116 valence electrons. The number of hydrogen-bond acceptors (Lipinski definition) is 3. The molecule has 0 aliphatic carbocycles. The lowest BCUT2D eigenvalue weighted by Gasteiger charge is -2.40. The van der Waals surface area contributed by atoms with Crippen molar-refractivity contribution in [3.63, 3.8) is 0 Å². The number of nitrogens with one attached hydrogen (secondary N) is 1. The number of amides is 1. The molecule has 1 saturated heterocycles. The topological polar surface area (TPSA) is 41.6 Å². The predicted octanol–water partition coefficient (Wildman–Crippen LogP) is 3.72. The van der Waals surface area contributed by atoms with E-state index in [1.54, 1.807) is 0 Å². The number of ether oxygens (including phenoxy) is 1. The van der Waals surface area contributed by atoms with Gasteiger partial charge in [-0.2, -0.15) is 0 Å². The fourth-order valence-electron chi connectivity index (χ4n) is 2.44. The molecule has 1 heterocycles. The number of carbonyl (C=O) groups is 1. The van der Waals surface area contributed by atoms with Crippen molar-refractivity contribution in [3.8, 4) is 0 Å². The van der Waals surface area contributed by atoms with Gasteiger partial charge in [-0.3, -0.25) is 4.90 Å². The van der Waals surface area contributed by atoms with E-state index in [4.69, 9.17) is 4.74 Å². The first-order valence-corrected chi connectivity index (χ1v) is 8.04. The van der Waals surface area contributed by atoms with Crippen molar-refractivity contribution in [1.29, 1.82) is 0 Å². The average molecular weight is 355 g/mol. The molecule has 1 aliphatic heterocycles. The van der Waals surface area contributed by atoms with Crippen LogP contribution in [0.25, 0.3) is 0 Å². The Bertz CT molecular complexity index is 513. The van der Waals surface area contributed by atoms with E-state index in [1.807, 2.05) is 43.9 Å². The average Bonchev–Trinajstić information content (AvgIpc) is 2.36. The Morgan fingerprint density at radius 2 is 2.14 bits per heavy atom. The van der Waals surface area contributed by atoms with Gasteiger partial charge in [-0.25, -0.2) is 4.79 Å². The maximum atomic E-state index is 12.5. The molecule has 1 aromatic carbocycles. The minimum absolute atomic E-state index is 0.00597. The van der Waals surface area contributed by atoms with Gasteiger partial charge in [0.25, 0.3) is 0 Å². The first kappa shape index (κ1) is 16.3. The van der Waals surface area contributed by atoms with Crippen molar-refractivity contribution < 1.29 is 9.53 Å². The number of hydrogen-bond donors (Lipinski definition) is 1. The fraction of sp³-hybridized carbons (Fsp3) is 0.562. The zero-order valence-electron chi connectivity index (χ0n) is 13.0. The van der Waals surface area contributed by atoms with Crippen LogP contribution in [-0.4, -0.2) is 35.7 Å². The smallest absolute Gasteiger partial charge is 0.410 e. The van der Waals surface area contributed by atoms with Gasteiger partial charge in [-0.1, -0.05) is 28.1 Å². The summed E-state index contributed by atoms with van der Waals surface area (Å²) in [5, 5.41) is 3.43. The van der Waals surface area contributed by atoms with Crippen molar-refractivity contribution >= 4 is 22.0 Å². The normalized spacial score (nSPS) is 23.0. The maximum Gasteiger partial charge on any atom is 0.410 e. The Labute approximate surface area is 135 Å². The maximum absolute atomic E-state index is 12.5. The highest BCUT2D eigenvalue weighted by Crippen LogP contribution is 2.27. The molecule has 1 fully saturated rings. The molecule has 2 atom stereocenters. The number of benzene rings is 1. The second-order valence-electron chi connectivity index (χ2n) is 6.51. The third kappa shape index (κ3) is 4.45. The minimum atomic E-state index is -0.479. The van der Waals surface area contributed by atoms with E-state index >= 15 is 0 Å². The Hall–Kier alpha value is -1.07. The molecular weight excluding hydrogens is 332 g/mol. The highest BCUT2D eigenvalue weighted by Gasteiger charge is 2.33. The van der Waals surface area contributed by atoms with Crippen LogP contribution in [0.5, 0.6) is 0 Å². The highest BCUT2D eigenvalue weighted by atomic mass is 79.9. The first-order chi connectivity index (χ1) is 9.76. The van der Waals surface area contributed by atoms with Crippen LogP contribution in [0.2, 0.25) is 0 Å². The van der Waals surface area contributed by atoms with Gasteiger partial charge in [0.1, 0.15) is 5.60 Å². The summed E-state index contributed by atoms with van der Waals surface area (Å²) in [5.41, 5.74) is 0.627. The lowest BCUT2D eigenvalue weighted by molar-refractivity contribution is 0.00787. The van der Waals surface area contributed by atoms with Crippen LogP contribution in [0.1, 0.15) is 39.3 Å². The SMILES string of the molecule is C[C@@H]1CN(C(=O)OC(C)(C)C)[C@H](c2cccc(Br)c2)CN1. The summed E-state index contributed by atoms with van der Waals surface area (Å²) in [6.45, 7) is 9.14. The molecule has 2 rings (SSSR count). The summed E-state index contributed by atoms with van der Waals surface area (Å²) < 4.78 is 6.57. The predicted molar refractivity (Wildman–Crippen MR) is 87.3 cm³/mol. The molecule has 0 bridgehead atoms. The van der Waals surface area contributed by atoms with Crippen LogP contribution in [0.15, 0.2) is 28.7 Å². The van der Waals surface area contributed by atoms with Crippen LogP contribution in [0, 0.1) is 0 Å². The molecule has 1 amide bonds. The lowest BCUT2D eigenvalue weighted by Crippen LogP contribution is -2.54. The summed E-state index contributed by atoms with van der Waals surface area (Å²) in [5.74, 6) is 0. The van der Waals surface area contributed by atoms with Crippen molar-refractivity contribution in [1.82, 2.24) is 10.2 Å². The van der Waals surface area contributed by atoms with E-state index < -0.39 is 5.60 Å². The molecule has 1 N–H and O–H groups in total. The Kier molecular flexibility index (Phi) is 4.94. The van der Waals surface area contributed by atoms with E-state index in [9.17, 15) is 4.79 Å². The molecule has 1 aromatic rings. The quantitative estimate of drug-likeness (QED) is 0.835. The van der Waals surface area contributed by atoms with Gasteiger partial charge in [0, 0.05) is 23.6 Å². The Morgan fingerprint density at radius 1 is 1.43 bits per heavy atom. The van der Waals surface area contributed by atoms with Crippen molar-refractivity contribution in [3.05, 3.63) is 34.3 Å².